The molecule has 0 unspecified atom stereocenters. The largest absolute Gasteiger partial charge is 0.507 e. The Morgan fingerprint density at radius 3 is 2.72 bits per heavy atom. The first-order valence-electron chi connectivity index (χ1n) is 5.44. The van der Waals surface area contributed by atoms with Crippen molar-refractivity contribution in [2.75, 3.05) is 20.7 Å². The predicted molar refractivity (Wildman–Crippen MR) is 65.7 cm³/mol. The molecule has 0 spiro atoms. The highest BCUT2D eigenvalue weighted by molar-refractivity contribution is 5.97. The second-order valence-electron chi connectivity index (χ2n) is 3.56. The maximum atomic E-state index is 11.7. The molecule has 18 heavy (non-hydrogen) atoms. The number of amides is 2. The summed E-state index contributed by atoms with van der Waals surface area (Å²) in [7, 11) is 3.00. The van der Waals surface area contributed by atoms with Gasteiger partial charge >= 0.3 is 0 Å². The van der Waals surface area contributed by atoms with E-state index in [1.54, 1.807) is 6.07 Å². The average Bonchev–Trinajstić information content (AvgIpc) is 2.38. The van der Waals surface area contributed by atoms with Gasteiger partial charge in [0.25, 0.3) is 5.91 Å². The van der Waals surface area contributed by atoms with E-state index in [9.17, 15) is 14.7 Å². The number of phenolic OH excluding ortho intramolecular Hbond substituents is 1. The van der Waals surface area contributed by atoms with Gasteiger partial charge in [-0.25, -0.2) is 0 Å². The lowest BCUT2D eigenvalue weighted by Crippen LogP contribution is -2.29. The van der Waals surface area contributed by atoms with Crippen molar-refractivity contribution in [2.45, 2.75) is 6.42 Å². The Morgan fingerprint density at radius 2 is 2.11 bits per heavy atom. The van der Waals surface area contributed by atoms with E-state index in [1.165, 1.54) is 26.3 Å². The van der Waals surface area contributed by atoms with Gasteiger partial charge in [-0.3, -0.25) is 9.59 Å². The van der Waals surface area contributed by atoms with Crippen molar-refractivity contribution < 1.29 is 19.4 Å². The molecule has 0 radical (unpaired) electrons. The van der Waals surface area contributed by atoms with Crippen LogP contribution in [0.3, 0.4) is 0 Å². The molecule has 3 N–H and O–H groups in total. The molecular formula is C12H16N2O4. The predicted octanol–water partition coefficient (Wildman–Crippen LogP) is 0.267. The van der Waals surface area contributed by atoms with E-state index in [0.717, 1.165) is 0 Å². The smallest absolute Gasteiger partial charge is 0.255 e. The Labute approximate surface area is 105 Å². The maximum absolute atomic E-state index is 11.7. The summed E-state index contributed by atoms with van der Waals surface area (Å²) in [5.41, 5.74) is 0.117. The summed E-state index contributed by atoms with van der Waals surface area (Å²) < 4.78 is 4.96. The maximum Gasteiger partial charge on any atom is 0.255 e. The van der Waals surface area contributed by atoms with Gasteiger partial charge in [-0.05, 0) is 18.2 Å². The fourth-order valence-electron chi connectivity index (χ4n) is 1.33. The number of carbonyl (C=O) groups is 2. The van der Waals surface area contributed by atoms with Crippen LogP contribution in [0, 0.1) is 0 Å². The van der Waals surface area contributed by atoms with Gasteiger partial charge in [0, 0.05) is 20.0 Å². The summed E-state index contributed by atoms with van der Waals surface area (Å²) >= 11 is 0. The van der Waals surface area contributed by atoms with Crippen molar-refractivity contribution in [3.05, 3.63) is 23.8 Å². The summed E-state index contributed by atoms with van der Waals surface area (Å²) in [6.45, 7) is 0.204. The van der Waals surface area contributed by atoms with Crippen molar-refractivity contribution >= 4 is 11.8 Å². The molecule has 0 aliphatic rings. The van der Waals surface area contributed by atoms with E-state index >= 15 is 0 Å². The van der Waals surface area contributed by atoms with Crippen molar-refractivity contribution in [3.63, 3.8) is 0 Å². The topological polar surface area (TPSA) is 87.7 Å². The number of benzene rings is 1. The number of methoxy groups -OCH3 is 1. The van der Waals surface area contributed by atoms with Crippen LogP contribution in [0.2, 0.25) is 0 Å². The molecule has 0 saturated carbocycles. The fourth-order valence-corrected chi connectivity index (χ4v) is 1.33. The molecule has 0 aliphatic heterocycles. The van der Waals surface area contributed by atoms with Crippen molar-refractivity contribution in [1.82, 2.24) is 10.6 Å². The number of hydrogen-bond donors (Lipinski definition) is 3. The van der Waals surface area contributed by atoms with Gasteiger partial charge in [0.05, 0.1) is 12.7 Å². The lowest BCUT2D eigenvalue weighted by molar-refractivity contribution is -0.120. The highest BCUT2D eigenvalue weighted by Gasteiger charge is 2.12. The van der Waals surface area contributed by atoms with Gasteiger partial charge in [-0.15, -0.1) is 0 Å². The van der Waals surface area contributed by atoms with Gasteiger partial charge in [0.1, 0.15) is 11.5 Å². The second kappa shape index (κ2) is 6.48. The minimum absolute atomic E-state index is 0.117. The number of phenols is 1. The highest BCUT2D eigenvalue weighted by Crippen LogP contribution is 2.22. The summed E-state index contributed by atoms with van der Waals surface area (Å²) in [6, 6.07) is 4.37. The first-order valence-corrected chi connectivity index (χ1v) is 5.44. The standard InChI is InChI=1S/C12H16N2O4/c1-13-11(16)5-6-14-12(17)9-7-8(18-2)3-4-10(9)15/h3-4,7,15H,5-6H2,1-2H3,(H,13,16)(H,14,17). The van der Waals surface area contributed by atoms with Crippen LogP contribution < -0.4 is 15.4 Å². The number of carbonyl (C=O) groups excluding carboxylic acids is 2. The summed E-state index contributed by atoms with van der Waals surface area (Å²) in [4.78, 5) is 22.7. The van der Waals surface area contributed by atoms with Gasteiger partial charge in [-0.2, -0.15) is 0 Å². The van der Waals surface area contributed by atoms with E-state index in [4.69, 9.17) is 4.74 Å². The Hall–Kier alpha value is -2.24. The number of nitrogens with one attached hydrogen (secondary N) is 2. The zero-order chi connectivity index (χ0) is 13.5. The SMILES string of the molecule is CNC(=O)CCNC(=O)c1cc(OC)ccc1O. The highest BCUT2D eigenvalue weighted by atomic mass is 16.5. The zero-order valence-corrected chi connectivity index (χ0v) is 10.3. The van der Waals surface area contributed by atoms with Crippen LogP contribution in [0.15, 0.2) is 18.2 Å². The third kappa shape index (κ3) is 3.65. The van der Waals surface area contributed by atoms with Crippen LogP contribution in [0.4, 0.5) is 0 Å². The number of aromatic hydroxyl groups is 1. The molecule has 0 heterocycles. The Kier molecular flexibility index (Phi) is 4.98. The van der Waals surface area contributed by atoms with Gasteiger partial charge in [0.2, 0.25) is 5.91 Å². The molecule has 0 bridgehead atoms. The Bertz CT molecular complexity index is 446. The van der Waals surface area contributed by atoms with E-state index in [-0.39, 0.29) is 30.2 Å². The van der Waals surface area contributed by atoms with E-state index in [1.807, 2.05) is 0 Å². The summed E-state index contributed by atoms with van der Waals surface area (Å²) in [5, 5.41) is 14.5. The first kappa shape index (κ1) is 13.8. The van der Waals surface area contributed by atoms with E-state index in [0.29, 0.717) is 5.75 Å². The quantitative estimate of drug-likeness (QED) is 0.701. The second-order valence-corrected chi connectivity index (χ2v) is 3.56. The van der Waals surface area contributed by atoms with Crippen LogP contribution in [-0.2, 0) is 4.79 Å². The van der Waals surface area contributed by atoms with Crippen molar-refractivity contribution in [3.8, 4) is 11.5 Å². The van der Waals surface area contributed by atoms with Gasteiger partial charge in [0.15, 0.2) is 0 Å². The molecule has 0 aliphatic carbocycles. The molecule has 1 rings (SSSR count). The van der Waals surface area contributed by atoms with Crippen LogP contribution >= 0.6 is 0 Å². The molecule has 0 saturated heterocycles. The minimum Gasteiger partial charge on any atom is -0.507 e. The van der Waals surface area contributed by atoms with Crippen LogP contribution in [0.25, 0.3) is 0 Å². The van der Waals surface area contributed by atoms with Crippen LogP contribution in [-0.4, -0.2) is 37.6 Å². The molecule has 2 amide bonds. The van der Waals surface area contributed by atoms with Crippen molar-refractivity contribution in [1.29, 1.82) is 0 Å². The first-order chi connectivity index (χ1) is 8.58. The molecule has 98 valence electrons. The molecule has 6 heteroatoms. The monoisotopic (exact) mass is 252 g/mol. The third-order valence-electron chi connectivity index (χ3n) is 2.36. The fraction of sp³-hybridized carbons (Fsp3) is 0.333. The summed E-state index contributed by atoms with van der Waals surface area (Å²) in [5.74, 6) is -0.266. The molecule has 0 atom stereocenters. The Morgan fingerprint density at radius 1 is 1.39 bits per heavy atom. The third-order valence-corrected chi connectivity index (χ3v) is 2.36. The number of rotatable bonds is 5. The normalized spacial score (nSPS) is 9.67. The van der Waals surface area contributed by atoms with E-state index in [2.05, 4.69) is 10.6 Å². The van der Waals surface area contributed by atoms with Gasteiger partial charge in [-0.1, -0.05) is 0 Å². The van der Waals surface area contributed by atoms with Crippen LogP contribution in [0.1, 0.15) is 16.8 Å². The Balaban J connectivity index is 2.63. The van der Waals surface area contributed by atoms with Gasteiger partial charge < -0.3 is 20.5 Å². The average molecular weight is 252 g/mol. The lowest BCUT2D eigenvalue weighted by atomic mass is 10.1. The molecule has 1 aromatic rings. The zero-order valence-electron chi connectivity index (χ0n) is 10.3. The molecule has 6 nitrogen and oxygen atoms in total. The van der Waals surface area contributed by atoms with Crippen molar-refractivity contribution in [2.24, 2.45) is 0 Å². The number of ether oxygens (including phenoxy) is 1. The molecule has 0 aromatic heterocycles. The van der Waals surface area contributed by atoms with E-state index < -0.39 is 5.91 Å². The molecular weight excluding hydrogens is 236 g/mol. The minimum atomic E-state index is -0.449. The van der Waals surface area contributed by atoms with Crippen LogP contribution in [0.5, 0.6) is 11.5 Å². The lowest BCUT2D eigenvalue weighted by Gasteiger charge is -2.08. The molecule has 1 aromatic carbocycles. The number of hydrogen-bond acceptors (Lipinski definition) is 4. The molecule has 0 fully saturated rings. The summed E-state index contributed by atoms with van der Waals surface area (Å²) in [6.07, 6.45) is 0.187.